The van der Waals surface area contributed by atoms with Crippen molar-refractivity contribution in [2.75, 3.05) is 18.2 Å². The van der Waals surface area contributed by atoms with Gasteiger partial charge in [-0.1, -0.05) is 5.10 Å². The molecule has 0 aliphatic carbocycles. The van der Waals surface area contributed by atoms with E-state index in [4.69, 9.17) is 9.15 Å². The third-order valence-corrected chi connectivity index (χ3v) is 5.76. The molecule has 10 nitrogen and oxygen atoms in total. The van der Waals surface area contributed by atoms with Crippen molar-refractivity contribution in [1.82, 2.24) is 20.0 Å². The van der Waals surface area contributed by atoms with Crippen LogP contribution in [0.15, 0.2) is 45.8 Å². The summed E-state index contributed by atoms with van der Waals surface area (Å²) in [5.74, 6) is 0.225. The molecule has 0 saturated heterocycles. The Morgan fingerprint density at radius 3 is 2.61 bits per heavy atom. The first-order chi connectivity index (χ1) is 13.4. The molecule has 0 aliphatic rings. The van der Waals surface area contributed by atoms with Crippen LogP contribution in [-0.4, -0.2) is 47.2 Å². The van der Waals surface area contributed by atoms with Gasteiger partial charge in [-0.3, -0.25) is 14.8 Å². The Hall–Kier alpha value is -3.21. The lowest BCUT2D eigenvalue weighted by atomic mass is 10.3. The van der Waals surface area contributed by atoms with Gasteiger partial charge in [0.2, 0.25) is 5.91 Å². The van der Waals surface area contributed by atoms with Gasteiger partial charge in [0.1, 0.15) is 11.4 Å². The van der Waals surface area contributed by atoms with Gasteiger partial charge in [-0.2, -0.15) is 5.10 Å². The number of carbonyl (C=O) groups is 1. The van der Waals surface area contributed by atoms with Gasteiger partial charge < -0.3 is 9.15 Å². The molecular weight excluding hydrogens is 386 g/mol. The molecule has 2 heterocycles. The number of ether oxygens (including phenoxy) is 1. The molecule has 3 aromatic rings. The summed E-state index contributed by atoms with van der Waals surface area (Å²) < 4.78 is 36.6. The Balaban J connectivity index is 1.51. The van der Waals surface area contributed by atoms with Gasteiger partial charge in [-0.05, 0) is 36.8 Å². The van der Waals surface area contributed by atoms with E-state index in [2.05, 4.69) is 20.6 Å². The van der Waals surface area contributed by atoms with E-state index < -0.39 is 15.7 Å². The maximum Gasteiger partial charge on any atom is 0.322 e. The average Bonchev–Trinajstić information content (AvgIpc) is 3.30. The highest BCUT2D eigenvalue weighted by atomic mass is 32.2. The lowest BCUT2D eigenvalue weighted by Gasteiger charge is -2.05. The third kappa shape index (κ3) is 4.55. The summed E-state index contributed by atoms with van der Waals surface area (Å²) in [6.07, 6.45) is 1.74. The minimum absolute atomic E-state index is 0.00118. The SMILES string of the molecule is COc1ccc(S(=O)(=O)CCCC(=O)Nc2nnc(-c3ccnn3C)o2)cc1. The maximum absolute atomic E-state index is 12.3. The Morgan fingerprint density at radius 1 is 1.21 bits per heavy atom. The summed E-state index contributed by atoms with van der Waals surface area (Å²) in [4.78, 5) is 12.2. The first-order valence-corrected chi connectivity index (χ1v) is 10.0. The van der Waals surface area contributed by atoms with Crippen LogP contribution >= 0.6 is 0 Å². The van der Waals surface area contributed by atoms with Crippen LogP contribution in [0.2, 0.25) is 0 Å². The van der Waals surface area contributed by atoms with Crippen LogP contribution in [0, 0.1) is 0 Å². The zero-order valence-corrected chi connectivity index (χ0v) is 16.1. The van der Waals surface area contributed by atoms with Gasteiger partial charge in [0, 0.05) is 19.7 Å². The van der Waals surface area contributed by atoms with Crippen molar-refractivity contribution in [3.8, 4) is 17.3 Å². The molecule has 11 heteroatoms. The van der Waals surface area contributed by atoms with E-state index in [0.717, 1.165) is 0 Å². The molecule has 1 aromatic carbocycles. The number of methoxy groups -OCH3 is 1. The largest absolute Gasteiger partial charge is 0.497 e. The molecule has 0 aliphatic heterocycles. The number of anilines is 1. The topological polar surface area (TPSA) is 129 Å². The molecule has 1 N–H and O–H groups in total. The molecule has 1 amide bonds. The number of sulfone groups is 1. The van der Waals surface area contributed by atoms with Crippen LogP contribution in [0.5, 0.6) is 5.75 Å². The number of benzene rings is 1. The molecule has 0 radical (unpaired) electrons. The molecule has 0 unspecified atom stereocenters. The molecule has 28 heavy (non-hydrogen) atoms. The normalized spacial score (nSPS) is 11.4. The minimum atomic E-state index is -3.48. The summed E-state index contributed by atoms with van der Waals surface area (Å²) in [6.45, 7) is 0. The van der Waals surface area contributed by atoms with Crippen LogP contribution in [0.25, 0.3) is 11.6 Å². The van der Waals surface area contributed by atoms with E-state index in [1.54, 1.807) is 36.1 Å². The maximum atomic E-state index is 12.3. The predicted molar refractivity (Wildman–Crippen MR) is 99.4 cm³/mol. The summed E-state index contributed by atoms with van der Waals surface area (Å²) in [7, 11) is -0.252. The van der Waals surface area contributed by atoms with Crippen molar-refractivity contribution >= 4 is 21.8 Å². The van der Waals surface area contributed by atoms with Crippen LogP contribution in [0.3, 0.4) is 0 Å². The average molecular weight is 405 g/mol. The zero-order chi connectivity index (χ0) is 20.1. The van der Waals surface area contributed by atoms with Crippen molar-refractivity contribution in [3.05, 3.63) is 36.5 Å². The number of aryl methyl sites for hydroxylation is 1. The molecule has 0 saturated carbocycles. The number of hydrogen-bond donors (Lipinski definition) is 1. The first-order valence-electron chi connectivity index (χ1n) is 8.37. The molecule has 0 atom stereocenters. The van der Waals surface area contributed by atoms with Crippen molar-refractivity contribution in [3.63, 3.8) is 0 Å². The molecule has 0 bridgehead atoms. The second kappa shape index (κ2) is 8.21. The molecular formula is C17H19N5O5S. The van der Waals surface area contributed by atoms with Crippen LogP contribution in [0.4, 0.5) is 6.01 Å². The Morgan fingerprint density at radius 2 is 1.96 bits per heavy atom. The number of rotatable bonds is 8. The minimum Gasteiger partial charge on any atom is -0.497 e. The highest BCUT2D eigenvalue weighted by Gasteiger charge is 2.17. The van der Waals surface area contributed by atoms with Gasteiger partial charge in [-0.15, -0.1) is 5.10 Å². The Kier molecular flexibility index (Phi) is 5.73. The van der Waals surface area contributed by atoms with Gasteiger partial charge in [0.25, 0.3) is 5.89 Å². The molecule has 2 aromatic heterocycles. The Bertz CT molecular complexity index is 1060. The quantitative estimate of drug-likeness (QED) is 0.599. The fourth-order valence-corrected chi connectivity index (χ4v) is 3.78. The van der Waals surface area contributed by atoms with Crippen LogP contribution < -0.4 is 10.1 Å². The van der Waals surface area contributed by atoms with Crippen LogP contribution in [-0.2, 0) is 21.7 Å². The summed E-state index contributed by atoms with van der Waals surface area (Å²) in [6, 6.07) is 7.76. The highest BCUT2D eigenvalue weighted by molar-refractivity contribution is 7.91. The van der Waals surface area contributed by atoms with Gasteiger partial charge in [0.05, 0.1) is 17.8 Å². The van der Waals surface area contributed by atoms with E-state index in [1.165, 1.54) is 19.2 Å². The lowest BCUT2D eigenvalue weighted by Crippen LogP contribution is -2.14. The third-order valence-electron chi connectivity index (χ3n) is 3.95. The van der Waals surface area contributed by atoms with Crippen molar-refractivity contribution < 1.29 is 22.4 Å². The molecule has 148 valence electrons. The highest BCUT2D eigenvalue weighted by Crippen LogP contribution is 2.19. The smallest absolute Gasteiger partial charge is 0.322 e. The van der Waals surface area contributed by atoms with E-state index >= 15 is 0 Å². The van der Waals surface area contributed by atoms with Crippen molar-refractivity contribution in [2.24, 2.45) is 7.05 Å². The van der Waals surface area contributed by atoms with E-state index in [9.17, 15) is 13.2 Å². The van der Waals surface area contributed by atoms with E-state index in [-0.39, 0.29) is 35.4 Å². The van der Waals surface area contributed by atoms with Gasteiger partial charge in [-0.25, -0.2) is 8.42 Å². The lowest BCUT2D eigenvalue weighted by molar-refractivity contribution is -0.116. The molecule has 0 fully saturated rings. The standard InChI is InChI=1S/C17H19N5O5S/c1-22-14(9-10-18-22)16-20-21-17(27-16)19-15(23)4-3-11-28(24,25)13-7-5-12(26-2)6-8-13/h5-10H,3-4,11H2,1-2H3,(H,19,21,23). The van der Waals surface area contributed by atoms with Crippen molar-refractivity contribution in [1.29, 1.82) is 0 Å². The van der Waals surface area contributed by atoms with Crippen molar-refractivity contribution in [2.45, 2.75) is 17.7 Å². The number of hydrogen-bond acceptors (Lipinski definition) is 8. The number of nitrogens with zero attached hydrogens (tertiary/aromatic N) is 4. The summed E-state index contributed by atoms with van der Waals surface area (Å²) >= 11 is 0. The molecule has 0 spiro atoms. The van der Waals surface area contributed by atoms with E-state index in [1.807, 2.05) is 0 Å². The zero-order valence-electron chi connectivity index (χ0n) is 15.3. The molecule has 3 rings (SSSR count). The fourth-order valence-electron chi connectivity index (χ4n) is 2.47. The van der Waals surface area contributed by atoms with Gasteiger partial charge in [0.15, 0.2) is 9.84 Å². The monoisotopic (exact) mass is 405 g/mol. The first kappa shape index (κ1) is 19.5. The fraction of sp³-hybridized carbons (Fsp3) is 0.294. The second-order valence-corrected chi connectivity index (χ2v) is 8.01. The predicted octanol–water partition coefficient (Wildman–Crippen LogP) is 1.67. The van der Waals surface area contributed by atoms with Crippen LogP contribution in [0.1, 0.15) is 12.8 Å². The number of carbonyl (C=O) groups excluding carboxylic acids is 1. The second-order valence-electron chi connectivity index (χ2n) is 5.90. The van der Waals surface area contributed by atoms with E-state index in [0.29, 0.717) is 11.4 Å². The summed E-state index contributed by atoms with van der Waals surface area (Å²) in [5.41, 5.74) is 0.610. The number of nitrogens with one attached hydrogen (secondary N) is 1. The summed E-state index contributed by atoms with van der Waals surface area (Å²) in [5, 5.41) is 14.1. The number of amides is 1. The Labute approximate surface area is 161 Å². The number of aromatic nitrogens is 4. The van der Waals surface area contributed by atoms with Gasteiger partial charge >= 0.3 is 6.01 Å².